The third-order valence-corrected chi connectivity index (χ3v) is 6.70. The van der Waals surface area contributed by atoms with Crippen LogP contribution in [0.4, 0.5) is 5.69 Å². The lowest BCUT2D eigenvalue weighted by molar-refractivity contribution is -0.128. The van der Waals surface area contributed by atoms with Crippen LogP contribution in [0.5, 0.6) is 17.2 Å². The van der Waals surface area contributed by atoms with Crippen molar-refractivity contribution in [1.82, 2.24) is 9.88 Å². The van der Waals surface area contributed by atoms with Crippen molar-refractivity contribution in [2.24, 2.45) is 0 Å². The number of rotatable bonds is 5. The zero-order chi connectivity index (χ0) is 25.6. The number of nitrogens with one attached hydrogen (secondary N) is 1. The number of fused-ring (bicyclic) bond motifs is 4. The molecule has 1 aliphatic carbocycles. The van der Waals surface area contributed by atoms with Gasteiger partial charge in [0.05, 0.1) is 39.7 Å². The van der Waals surface area contributed by atoms with Crippen molar-refractivity contribution in [2.75, 3.05) is 40.3 Å². The van der Waals surface area contributed by atoms with Gasteiger partial charge in [-0.3, -0.25) is 14.6 Å². The van der Waals surface area contributed by atoms with Gasteiger partial charge in [-0.15, -0.1) is 0 Å². The van der Waals surface area contributed by atoms with E-state index in [4.69, 9.17) is 18.9 Å². The summed E-state index contributed by atoms with van der Waals surface area (Å²) in [5.74, 6) is 0.0830. The van der Waals surface area contributed by atoms with Gasteiger partial charge >= 0.3 is 5.97 Å². The molecule has 1 saturated heterocycles. The van der Waals surface area contributed by atoms with E-state index >= 15 is 0 Å². The molecular weight excluding hydrogens is 466 g/mol. The van der Waals surface area contributed by atoms with Crippen LogP contribution in [-0.4, -0.2) is 68.6 Å². The van der Waals surface area contributed by atoms with E-state index in [2.05, 4.69) is 10.3 Å². The van der Waals surface area contributed by atoms with Gasteiger partial charge in [0.2, 0.25) is 11.5 Å². The predicted molar refractivity (Wildman–Crippen MR) is 130 cm³/mol. The Kier molecular flexibility index (Phi) is 5.87. The van der Waals surface area contributed by atoms with Crippen molar-refractivity contribution in [2.45, 2.75) is 18.4 Å². The highest BCUT2D eigenvalue weighted by molar-refractivity contribution is 6.07. The molecular formula is C26H25N3O7. The number of nitrogens with zero attached hydrogens (tertiary/aromatic N) is 2. The molecule has 0 saturated carbocycles. The summed E-state index contributed by atoms with van der Waals surface area (Å²) >= 11 is 0. The van der Waals surface area contributed by atoms with Gasteiger partial charge in [0.15, 0.2) is 11.5 Å². The quantitative estimate of drug-likeness (QED) is 0.630. The number of hydrogen-bond donors (Lipinski definition) is 1. The largest absolute Gasteiger partial charge is 0.493 e. The lowest BCUT2D eigenvalue weighted by Crippen LogP contribution is -2.41. The number of esters is 1. The van der Waals surface area contributed by atoms with E-state index in [0.29, 0.717) is 52.9 Å². The molecule has 1 aromatic heterocycles. The molecule has 2 unspecified atom stereocenters. The Morgan fingerprint density at radius 2 is 1.86 bits per heavy atom. The van der Waals surface area contributed by atoms with E-state index in [1.807, 2.05) is 6.08 Å². The fourth-order valence-electron chi connectivity index (χ4n) is 5.01. The molecule has 5 rings (SSSR count). The molecule has 2 aromatic rings. The maximum absolute atomic E-state index is 13.7. The minimum atomic E-state index is -0.694. The zero-order valence-electron chi connectivity index (χ0n) is 20.3. The second-order valence-corrected chi connectivity index (χ2v) is 8.51. The molecule has 1 amide bonds. The molecule has 2 aliphatic heterocycles. The first-order valence-electron chi connectivity index (χ1n) is 11.3. The molecule has 1 fully saturated rings. The number of anilines is 1. The van der Waals surface area contributed by atoms with E-state index < -0.39 is 12.0 Å². The Balaban J connectivity index is 1.45. The number of likely N-dealkylation sites (tertiary alicyclic amines) is 1. The molecule has 0 spiro atoms. The van der Waals surface area contributed by atoms with Crippen molar-refractivity contribution >= 4 is 29.4 Å². The Morgan fingerprint density at radius 1 is 1.08 bits per heavy atom. The second kappa shape index (κ2) is 9.03. The summed E-state index contributed by atoms with van der Waals surface area (Å²) in [6.07, 6.45) is 7.00. The van der Waals surface area contributed by atoms with Crippen LogP contribution in [0.2, 0.25) is 0 Å². The summed E-state index contributed by atoms with van der Waals surface area (Å²) in [6.45, 7) is 0.423. The van der Waals surface area contributed by atoms with Crippen LogP contribution >= 0.6 is 0 Å². The molecule has 10 heteroatoms. The first-order valence-corrected chi connectivity index (χ1v) is 11.3. The SMILES string of the molecule is COC(=O)c1cnc2c(c1)C1CCN(C(=O)C3C=Cc4cc(OC)c(OC)c(OC)c4N3)C1=CC2=O. The molecule has 0 radical (unpaired) electrons. The highest BCUT2D eigenvalue weighted by Crippen LogP contribution is 2.47. The molecule has 36 heavy (non-hydrogen) atoms. The van der Waals surface area contributed by atoms with Crippen LogP contribution in [0.15, 0.2) is 36.2 Å². The van der Waals surface area contributed by atoms with Crippen molar-refractivity contribution < 1.29 is 33.3 Å². The Hall–Kier alpha value is -4.34. The van der Waals surface area contributed by atoms with E-state index in [-0.39, 0.29) is 23.2 Å². The van der Waals surface area contributed by atoms with Crippen molar-refractivity contribution in [3.63, 3.8) is 0 Å². The van der Waals surface area contributed by atoms with Crippen LogP contribution in [-0.2, 0) is 9.53 Å². The van der Waals surface area contributed by atoms with Gasteiger partial charge in [-0.2, -0.15) is 0 Å². The van der Waals surface area contributed by atoms with Crippen LogP contribution in [0.25, 0.3) is 6.08 Å². The van der Waals surface area contributed by atoms with Gasteiger partial charge in [-0.25, -0.2) is 4.79 Å². The molecule has 186 valence electrons. The zero-order valence-corrected chi connectivity index (χ0v) is 20.3. The van der Waals surface area contributed by atoms with Gasteiger partial charge in [0.1, 0.15) is 11.7 Å². The first-order chi connectivity index (χ1) is 17.4. The van der Waals surface area contributed by atoms with Crippen LogP contribution in [0.3, 0.4) is 0 Å². The third kappa shape index (κ3) is 3.57. The number of carbonyl (C=O) groups excluding carboxylic acids is 3. The van der Waals surface area contributed by atoms with E-state index in [1.165, 1.54) is 33.6 Å². The predicted octanol–water partition coefficient (Wildman–Crippen LogP) is 2.80. The molecule has 0 bridgehead atoms. The van der Waals surface area contributed by atoms with Gasteiger partial charge < -0.3 is 29.2 Å². The lowest BCUT2D eigenvalue weighted by Gasteiger charge is -2.30. The number of allylic oxidation sites excluding steroid dienone is 2. The third-order valence-electron chi connectivity index (χ3n) is 6.70. The number of amides is 1. The van der Waals surface area contributed by atoms with Crippen molar-refractivity contribution in [3.8, 4) is 17.2 Å². The molecule has 1 N–H and O–H groups in total. The summed E-state index contributed by atoms with van der Waals surface area (Å²) in [5, 5.41) is 3.25. The maximum atomic E-state index is 13.7. The average Bonchev–Trinajstić information content (AvgIpc) is 3.34. The number of ketones is 1. The van der Waals surface area contributed by atoms with E-state index in [1.54, 1.807) is 30.2 Å². The van der Waals surface area contributed by atoms with Gasteiger partial charge in [-0.05, 0) is 24.1 Å². The smallest absolute Gasteiger partial charge is 0.339 e. The molecule has 3 aliphatic rings. The lowest BCUT2D eigenvalue weighted by atomic mass is 9.87. The number of aromatic nitrogens is 1. The highest BCUT2D eigenvalue weighted by Gasteiger charge is 2.41. The summed E-state index contributed by atoms with van der Waals surface area (Å²) < 4.78 is 21.3. The van der Waals surface area contributed by atoms with Crippen LogP contribution in [0.1, 0.15) is 44.3 Å². The molecule has 1 aromatic carbocycles. The minimum absolute atomic E-state index is 0.212. The maximum Gasteiger partial charge on any atom is 0.339 e. The first kappa shape index (κ1) is 23.4. The monoisotopic (exact) mass is 491 g/mol. The van der Waals surface area contributed by atoms with Crippen molar-refractivity contribution in [1.29, 1.82) is 0 Å². The van der Waals surface area contributed by atoms with Gasteiger partial charge in [-0.1, -0.05) is 12.2 Å². The highest BCUT2D eigenvalue weighted by atomic mass is 16.5. The summed E-state index contributed by atoms with van der Waals surface area (Å²) in [6, 6.07) is 2.75. The molecule has 2 atom stereocenters. The summed E-state index contributed by atoms with van der Waals surface area (Å²) in [7, 11) is 5.87. The summed E-state index contributed by atoms with van der Waals surface area (Å²) in [5.41, 5.74) is 3.18. The number of hydrogen-bond acceptors (Lipinski definition) is 9. The Morgan fingerprint density at radius 3 is 2.56 bits per heavy atom. The van der Waals surface area contributed by atoms with Crippen molar-refractivity contribution in [3.05, 3.63) is 58.6 Å². The average molecular weight is 492 g/mol. The summed E-state index contributed by atoms with van der Waals surface area (Å²) in [4.78, 5) is 44.3. The topological polar surface area (TPSA) is 116 Å². The number of carbonyl (C=O) groups is 3. The number of ether oxygens (including phenoxy) is 4. The second-order valence-electron chi connectivity index (χ2n) is 8.51. The number of methoxy groups -OCH3 is 4. The minimum Gasteiger partial charge on any atom is -0.493 e. The molecule has 3 heterocycles. The Bertz CT molecular complexity index is 1350. The van der Waals surface area contributed by atoms with Gasteiger partial charge in [0, 0.05) is 36.0 Å². The fraction of sp³-hybridized carbons (Fsp3) is 0.308. The van der Waals surface area contributed by atoms with Crippen LogP contribution < -0.4 is 19.5 Å². The fourth-order valence-corrected chi connectivity index (χ4v) is 5.01. The standard InChI is InChI=1S/C26H25N3O7/c1-33-20-10-13-5-6-17(28-21(13)24(35-3)23(20)34-2)25(31)29-8-7-15-16-9-14(26(32)36-4)12-27-22(16)19(30)11-18(15)29/h5-6,9-12,15,17,28H,7-8H2,1-4H3. The molecule has 10 nitrogen and oxygen atoms in total. The van der Waals surface area contributed by atoms with Gasteiger partial charge in [0.25, 0.3) is 5.91 Å². The normalized spacial score (nSPS) is 19.4. The Labute approximate surface area is 207 Å². The van der Waals surface area contributed by atoms with Crippen LogP contribution in [0, 0.1) is 0 Å². The number of pyridine rings is 1. The van der Waals surface area contributed by atoms with E-state index in [9.17, 15) is 14.4 Å². The van der Waals surface area contributed by atoms with E-state index in [0.717, 1.165) is 5.56 Å². The number of benzene rings is 1.